The van der Waals surface area contributed by atoms with Gasteiger partial charge >= 0.3 is 12.3 Å². The van der Waals surface area contributed by atoms with E-state index in [4.69, 9.17) is 21.3 Å². The van der Waals surface area contributed by atoms with Gasteiger partial charge in [0.2, 0.25) is 11.8 Å². The molecular weight excluding hydrogens is 723 g/mol. The Balaban J connectivity index is 1.41. The molecule has 0 bridgehead atoms. The first-order chi connectivity index (χ1) is 25.8. The number of likely N-dealkylation sites (N-methyl/N-ethyl adjacent to an activating group) is 1. The van der Waals surface area contributed by atoms with Gasteiger partial charge < -0.3 is 19.9 Å². The molecular formula is C40H37ClF3N5O5. The molecule has 10 nitrogen and oxygen atoms in total. The smallest absolute Gasteiger partial charge is 0.418 e. The number of carbonyl (C=O) groups excluding carboxylic acids is 4. The Bertz CT molecular complexity index is 2040. The topological polar surface area (TPSA) is 120 Å². The third-order valence-electron chi connectivity index (χ3n) is 8.38. The fourth-order valence-electron chi connectivity index (χ4n) is 5.67. The van der Waals surface area contributed by atoms with Gasteiger partial charge in [0.05, 0.1) is 22.6 Å². The number of nitrogens with one attached hydrogen (secondary N) is 2. The van der Waals surface area contributed by atoms with Crippen molar-refractivity contribution < 1.29 is 37.1 Å². The zero-order valence-corrected chi connectivity index (χ0v) is 30.1. The Morgan fingerprint density at radius 2 is 1.63 bits per heavy atom. The number of nitrogens with zero attached hydrogens (tertiary/aromatic N) is 3. The van der Waals surface area contributed by atoms with Crippen LogP contribution in [0.5, 0.6) is 0 Å². The molecule has 0 saturated carbocycles. The van der Waals surface area contributed by atoms with E-state index < -0.39 is 60.6 Å². The van der Waals surface area contributed by atoms with Gasteiger partial charge in [0.15, 0.2) is 6.04 Å². The molecule has 0 radical (unpaired) electrons. The van der Waals surface area contributed by atoms with Crippen molar-refractivity contribution in [3.8, 4) is 0 Å². The summed E-state index contributed by atoms with van der Waals surface area (Å²) in [6.07, 6.45) is -2.06. The molecule has 2 N–H and O–H groups in total. The molecule has 2 atom stereocenters. The number of amides is 4. The van der Waals surface area contributed by atoms with Gasteiger partial charge in [0, 0.05) is 42.4 Å². The predicted molar refractivity (Wildman–Crippen MR) is 201 cm³/mol. The molecule has 4 amide bonds. The average Bonchev–Trinajstić information content (AvgIpc) is 3.26. The van der Waals surface area contributed by atoms with Crippen molar-refractivity contribution in [3.05, 3.63) is 143 Å². The largest absolute Gasteiger partial charge is 0.446 e. The number of ether oxygens (including phenoxy) is 1. The molecule has 4 aromatic rings. The Kier molecular flexibility index (Phi) is 12.9. The second-order valence-corrected chi connectivity index (χ2v) is 12.9. The Morgan fingerprint density at radius 1 is 0.963 bits per heavy atom. The van der Waals surface area contributed by atoms with Crippen LogP contribution in [0.25, 0.3) is 0 Å². The van der Waals surface area contributed by atoms with Gasteiger partial charge in [0.1, 0.15) is 13.2 Å². The second kappa shape index (κ2) is 17.7. The minimum atomic E-state index is -4.83. The molecule has 0 saturated heterocycles. The maximum Gasteiger partial charge on any atom is 0.418 e. The summed E-state index contributed by atoms with van der Waals surface area (Å²) in [5, 5.41) is 4.83. The number of aliphatic imine (C=N–C) groups is 1. The van der Waals surface area contributed by atoms with Gasteiger partial charge in [-0.05, 0) is 42.7 Å². The lowest BCUT2D eigenvalue weighted by molar-refractivity contribution is -0.137. The fraction of sp³-hybridized carbons (Fsp3) is 0.225. The maximum absolute atomic E-state index is 14.3. The number of fused-ring (bicyclic) bond motifs is 1. The molecule has 0 spiro atoms. The van der Waals surface area contributed by atoms with E-state index in [-0.39, 0.29) is 10.9 Å². The molecule has 0 unspecified atom stereocenters. The predicted octanol–water partition coefficient (Wildman–Crippen LogP) is 6.92. The number of alkyl halides is 3. The van der Waals surface area contributed by atoms with Crippen molar-refractivity contribution in [1.29, 1.82) is 0 Å². The number of hydrogen-bond donors (Lipinski definition) is 2. The molecule has 54 heavy (non-hydrogen) atoms. The standard InChI is InChI=1S/C40H37ClF3N5O5/c1-48(2)36(51)22-20-29(19-17-26-11-5-3-6-12-26)45-35(50)24-49-34-16-10-9-15-30(34)37(27-13-7-4-8-14-27)46-33(38(49)52)25-54-39(53)47-32-21-18-28(41)23-31(32)40(42,43)44/h3-16,18,20-23,29,33H,17,19,24-25H2,1-2H3,(H,45,50)(H,47,53)/b22-20+/t29-,33+/m0/s1. The van der Waals surface area contributed by atoms with E-state index >= 15 is 0 Å². The molecule has 1 aliphatic rings. The first kappa shape index (κ1) is 39.3. The molecule has 4 aromatic carbocycles. The van der Waals surface area contributed by atoms with Crippen molar-refractivity contribution >= 4 is 52.5 Å². The molecule has 0 aliphatic carbocycles. The lowest BCUT2D eigenvalue weighted by atomic mass is 10.00. The summed E-state index contributed by atoms with van der Waals surface area (Å²) < 4.78 is 46.3. The first-order valence-electron chi connectivity index (χ1n) is 16.9. The molecule has 1 aliphatic heterocycles. The summed E-state index contributed by atoms with van der Waals surface area (Å²) >= 11 is 5.77. The van der Waals surface area contributed by atoms with Crippen LogP contribution in [-0.2, 0) is 31.7 Å². The third kappa shape index (κ3) is 10.3. The summed E-state index contributed by atoms with van der Waals surface area (Å²) in [5.41, 5.74) is 1.14. The fourth-order valence-corrected chi connectivity index (χ4v) is 5.85. The summed E-state index contributed by atoms with van der Waals surface area (Å²) in [6, 6.07) is 26.3. The van der Waals surface area contributed by atoms with Crippen LogP contribution in [0.3, 0.4) is 0 Å². The van der Waals surface area contributed by atoms with Gasteiger partial charge in [-0.2, -0.15) is 13.2 Å². The molecule has 1 heterocycles. The van der Waals surface area contributed by atoms with E-state index in [1.807, 2.05) is 30.3 Å². The number of halogens is 4. The molecule has 5 rings (SSSR count). The second-order valence-electron chi connectivity index (χ2n) is 12.5. The summed E-state index contributed by atoms with van der Waals surface area (Å²) in [6.45, 7) is -1.13. The molecule has 280 valence electrons. The Morgan fingerprint density at radius 3 is 2.31 bits per heavy atom. The van der Waals surface area contributed by atoms with Crippen molar-refractivity contribution in [1.82, 2.24) is 10.2 Å². The van der Waals surface area contributed by atoms with Gasteiger partial charge in [-0.15, -0.1) is 0 Å². The summed E-state index contributed by atoms with van der Waals surface area (Å²) in [7, 11) is 3.22. The van der Waals surface area contributed by atoms with E-state index in [0.29, 0.717) is 41.4 Å². The van der Waals surface area contributed by atoms with Crippen molar-refractivity contribution in [3.63, 3.8) is 0 Å². The van der Waals surface area contributed by atoms with Crippen LogP contribution in [0.1, 0.15) is 28.7 Å². The van der Waals surface area contributed by atoms with Crippen LogP contribution in [0.4, 0.5) is 29.3 Å². The van der Waals surface area contributed by atoms with Gasteiger partial charge in [-0.25, -0.2) is 4.79 Å². The van der Waals surface area contributed by atoms with Gasteiger partial charge in [0.25, 0.3) is 5.91 Å². The number of anilines is 2. The van der Waals surface area contributed by atoms with E-state index in [9.17, 15) is 32.3 Å². The van der Waals surface area contributed by atoms with Crippen molar-refractivity contribution in [2.45, 2.75) is 31.1 Å². The van der Waals surface area contributed by atoms with Gasteiger partial charge in [-0.3, -0.25) is 24.7 Å². The number of benzodiazepines with no additional fused rings is 1. The van der Waals surface area contributed by atoms with Crippen LogP contribution >= 0.6 is 11.6 Å². The SMILES string of the molecule is CN(C)C(=O)/C=C/[C@H](CCc1ccccc1)NC(=O)CN1C(=O)[C@@H](COC(=O)Nc2ccc(Cl)cc2C(F)(F)F)N=C(c2ccccc2)c2ccccc21. The molecule has 14 heteroatoms. The highest BCUT2D eigenvalue weighted by Crippen LogP contribution is 2.36. The van der Waals surface area contributed by atoms with E-state index in [1.54, 1.807) is 74.8 Å². The van der Waals surface area contributed by atoms with E-state index in [0.717, 1.165) is 11.6 Å². The lowest BCUT2D eigenvalue weighted by Gasteiger charge is -2.26. The molecule has 0 fully saturated rings. The highest BCUT2D eigenvalue weighted by molar-refractivity contribution is 6.30. The summed E-state index contributed by atoms with van der Waals surface area (Å²) in [5.74, 6) is -1.51. The number of benzene rings is 4. The van der Waals surface area contributed by atoms with Crippen LogP contribution in [0.15, 0.2) is 120 Å². The Hall–Kier alpha value is -5.95. The quantitative estimate of drug-likeness (QED) is 0.152. The zero-order valence-electron chi connectivity index (χ0n) is 29.3. The molecule has 0 aromatic heterocycles. The van der Waals surface area contributed by atoms with Crippen molar-refractivity contribution in [2.75, 3.05) is 37.5 Å². The lowest BCUT2D eigenvalue weighted by Crippen LogP contribution is -2.47. The monoisotopic (exact) mass is 759 g/mol. The van der Waals surface area contributed by atoms with Crippen LogP contribution < -0.4 is 15.5 Å². The van der Waals surface area contributed by atoms with Crippen molar-refractivity contribution in [2.24, 2.45) is 4.99 Å². The number of hydrogen-bond acceptors (Lipinski definition) is 6. The van der Waals surface area contributed by atoms with E-state index in [1.165, 1.54) is 21.9 Å². The minimum Gasteiger partial charge on any atom is -0.446 e. The van der Waals surface area contributed by atoms with E-state index in [2.05, 4.69) is 10.6 Å². The third-order valence-corrected chi connectivity index (χ3v) is 8.61. The average molecular weight is 760 g/mol. The van der Waals surface area contributed by atoms with Crippen LogP contribution in [0.2, 0.25) is 5.02 Å². The maximum atomic E-state index is 14.3. The first-order valence-corrected chi connectivity index (χ1v) is 17.2. The van der Waals surface area contributed by atoms with Crippen LogP contribution in [0, 0.1) is 0 Å². The van der Waals surface area contributed by atoms with Crippen LogP contribution in [-0.4, -0.2) is 73.8 Å². The Labute approximate surface area is 315 Å². The zero-order chi connectivity index (χ0) is 38.8. The highest BCUT2D eigenvalue weighted by atomic mass is 35.5. The highest BCUT2D eigenvalue weighted by Gasteiger charge is 2.36. The normalized spacial score (nSPS) is 14.8. The summed E-state index contributed by atoms with van der Waals surface area (Å²) in [4.78, 5) is 60.7. The number of carbonyl (C=O) groups is 4. The van der Waals surface area contributed by atoms with Gasteiger partial charge in [-0.1, -0.05) is 96.5 Å². The minimum absolute atomic E-state index is 0.183. The number of aryl methyl sites for hydroxylation is 1. The number of rotatable bonds is 12. The number of para-hydroxylation sites is 1.